The van der Waals surface area contributed by atoms with Gasteiger partial charge >= 0.3 is 0 Å². The monoisotopic (exact) mass is 353 g/mol. The second-order valence-electron chi connectivity index (χ2n) is 6.10. The van der Waals surface area contributed by atoms with E-state index in [0.717, 1.165) is 33.8 Å². The minimum atomic E-state index is -0.149. The zero-order valence-corrected chi connectivity index (χ0v) is 15.0. The van der Waals surface area contributed by atoms with E-state index in [9.17, 15) is 4.79 Å². The van der Waals surface area contributed by atoms with Crippen LogP contribution in [-0.4, -0.2) is 16.1 Å². The Morgan fingerprint density at radius 3 is 2.44 bits per heavy atom. The highest BCUT2D eigenvalue weighted by atomic mass is 35.5. The molecule has 0 spiro atoms. The minimum absolute atomic E-state index is 0.149. The molecule has 0 fully saturated rings. The molecular formula is C20H20ClN3O. The third-order valence-electron chi connectivity index (χ3n) is 3.94. The summed E-state index contributed by atoms with van der Waals surface area (Å²) in [5.74, 6) is 0.357. The predicted molar refractivity (Wildman–Crippen MR) is 103 cm³/mol. The van der Waals surface area contributed by atoms with E-state index in [0.29, 0.717) is 12.4 Å². The van der Waals surface area contributed by atoms with Crippen LogP contribution in [0.1, 0.15) is 16.7 Å². The van der Waals surface area contributed by atoms with Gasteiger partial charge in [0.15, 0.2) is 5.82 Å². The maximum atomic E-state index is 12.7. The van der Waals surface area contributed by atoms with Gasteiger partial charge in [0.2, 0.25) is 0 Å². The SMILES string of the molecule is Cc1cc(C)cc(-n2ccnc(NCCc3ccc(Cl)cc3)c2=O)c1. The number of halogens is 1. The smallest absolute Gasteiger partial charge is 0.297 e. The third-order valence-corrected chi connectivity index (χ3v) is 4.20. The number of anilines is 1. The van der Waals surface area contributed by atoms with E-state index in [4.69, 9.17) is 11.6 Å². The summed E-state index contributed by atoms with van der Waals surface area (Å²) in [5.41, 5.74) is 4.10. The zero-order valence-electron chi connectivity index (χ0n) is 14.3. The summed E-state index contributed by atoms with van der Waals surface area (Å²) in [5, 5.41) is 3.86. The van der Waals surface area contributed by atoms with Crippen LogP contribution in [0.2, 0.25) is 5.02 Å². The highest BCUT2D eigenvalue weighted by Gasteiger charge is 2.07. The van der Waals surface area contributed by atoms with Crippen molar-refractivity contribution >= 4 is 17.4 Å². The summed E-state index contributed by atoms with van der Waals surface area (Å²) in [6, 6.07) is 13.8. The largest absolute Gasteiger partial charge is 0.365 e. The van der Waals surface area contributed by atoms with Crippen LogP contribution in [0.3, 0.4) is 0 Å². The van der Waals surface area contributed by atoms with Gasteiger partial charge in [-0.05, 0) is 61.2 Å². The number of nitrogens with one attached hydrogen (secondary N) is 1. The van der Waals surface area contributed by atoms with Gasteiger partial charge in [-0.15, -0.1) is 0 Å². The van der Waals surface area contributed by atoms with Crippen LogP contribution in [0.4, 0.5) is 5.82 Å². The molecule has 0 amide bonds. The van der Waals surface area contributed by atoms with Crippen molar-refractivity contribution in [3.05, 3.63) is 86.9 Å². The molecule has 3 aromatic rings. The molecule has 0 aliphatic rings. The fourth-order valence-corrected chi connectivity index (χ4v) is 2.93. The van der Waals surface area contributed by atoms with Crippen LogP contribution in [-0.2, 0) is 6.42 Å². The number of hydrogen-bond acceptors (Lipinski definition) is 3. The molecule has 0 aliphatic heterocycles. The van der Waals surface area contributed by atoms with Gasteiger partial charge in [-0.2, -0.15) is 0 Å². The molecule has 0 radical (unpaired) electrons. The van der Waals surface area contributed by atoms with Crippen LogP contribution in [0, 0.1) is 13.8 Å². The highest BCUT2D eigenvalue weighted by Crippen LogP contribution is 2.13. The number of aryl methyl sites for hydroxylation is 2. The standard InChI is InChI=1S/C20H20ClN3O/c1-14-11-15(2)13-18(12-14)24-10-9-23-19(20(24)25)22-8-7-16-3-5-17(21)6-4-16/h3-6,9-13H,7-8H2,1-2H3,(H,22,23). The van der Waals surface area contributed by atoms with Crippen molar-refractivity contribution < 1.29 is 0 Å². The van der Waals surface area contributed by atoms with Gasteiger partial charge in [-0.25, -0.2) is 4.98 Å². The molecule has 1 heterocycles. The molecule has 1 N–H and O–H groups in total. The maximum absolute atomic E-state index is 12.7. The van der Waals surface area contributed by atoms with E-state index < -0.39 is 0 Å². The Labute approximate surface area is 152 Å². The summed E-state index contributed by atoms with van der Waals surface area (Å²) in [4.78, 5) is 16.9. The van der Waals surface area contributed by atoms with Gasteiger partial charge < -0.3 is 5.32 Å². The number of rotatable bonds is 5. The summed E-state index contributed by atoms with van der Waals surface area (Å²) < 4.78 is 1.62. The first kappa shape index (κ1) is 17.2. The Bertz CT molecular complexity index is 912. The molecule has 0 aliphatic carbocycles. The average molecular weight is 354 g/mol. The third kappa shape index (κ3) is 4.28. The lowest BCUT2D eigenvalue weighted by atomic mass is 10.1. The van der Waals surface area contributed by atoms with Crippen molar-refractivity contribution in [2.45, 2.75) is 20.3 Å². The fraction of sp³-hybridized carbons (Fsp3) is 0.200. The van der Waals surface area contributed by atoms with Crippen LogP contribution >= 0.6 is 11.6 Å². The van der Waals surface area contributed by atoms with E-state index in [2.05, 4.69) is 16.4 Å². The van der Waals surface area contributed by atoms with Gasteiger partial charge in [0.25, 0.3) is 5.56 Å². The Morgan fingerprint density at radius 1 is 1.08 bits per heavy atom. The maximum Gasteiger partial charge on any atom is 0.297 e. The van der Waals surface area contributed by atoms with Crippen molar-refractivity contribution in [2.75, 3.05) is 11.9 Å². The fourth-order valence-electron chi connectivity index (χ4n) is 2.80. The van der Waals surface area contributed by atoms with Crippen molar-refractivity contribution in [3.8, 4) is 5.69 Å². The Kier molecular flexibility index (Phi) is 5.19. The summed E-state index contributed by atoms with van der Waals surface area (Å²) in [6.45, 7) is 4.67. The molecule has 128 valence electrons. The molecule has 1 aromatic heterocycles. The van der Waals surface area contributed by atoms with E-state index in [1.165, 1.54) is 0 Å². The molecule has 4 nitrogen and oxygen atoms in total. The Morgan fingerprint density at radius 2 is 1.76 bits per heavy atom. The molecule has 3 rings (SSSR count). The van der Waals surface area contributed by atoms with E-state index >= 15 is 0 Å². The lowest BCUT2D eigenvalue weighted by Gasteiger charge is -2.11. The normalized spacial score (nSPS) is 10.7. The minimum Gasteiger partial charge on any atom is -0.365 e. The number of nitrogens with zero attached hydrogens (tertiary/aromatic N) is 2. The lowest BCUT2D eigenvalue weighted by Crippen LogP contribution is -2.24. The van der Waals surface area contributed by atoms with Gasteiger partial charge in [0.1, 0.15) is 0 Å². The summed E-state index contributed by atoms with van der Waals surface area (Å²) >= 11 is 5.89. The predicted octanol–water partition coefficient (Wildman–Crippen LogP) is 4.16. The van der Waals surface area contributed by atoms with Crippen LogP contribution in [0.5, 0.6) is 0 Å². The zero-order chi connectivity index (χ0) is 17.8. The van der Waals surface area contributed by atoms with Crippen molar-refractivity contribution in [1.29, 1.82) is 0 Å². The summed E-state index contributed by atoms with van der Waals surface area (Å²) in [7, 11) is 0. The molecule has 0 bridgehead atoms. The second kappa shape index (κ2) is 7.53. The molecule has 0 saturated carbocycles. The number of aromatic nitrogens is 2. The molecular weight excluding hydrogens is 334 g/mol. The molecule has 0 unspecified atom stereocenters. The quantitative estimate of drug-likeness (QED) is 0.749. The molecule has 5 heteroatoms. The van der Waals surface area contributed by atoms with Gasteiger partial charge in [-0.3, -0.25) is 9.36 Å². The highest BCUT2D eigenvalue weighted by molar-refractivity contribution is 6.30. The first-order valence-corrected chi connectivity index (χ1v) is 8.55. The number of benzene rings is 2. The van der Waals surface area contributed by atoms with Crippen LogP contribution < -0.4 is 10.9 Å². The van der Waals surface area contributed by atoms with Gasteiger partial charge in [-0.1, -0.05) is 29.8 Å². The number of hydrogen-bond donors (Lipinski definition) is 1. The van der Waals surface area contributed by atoms with E-state index in [1.807, 2.05) is 50.2 Å². The van der Waals surface area contributed by atoms with Crippen molar-refractivity contribution in [3.63, 3.8) is 0 Å². The van der Waals surface area contributed by atoms with Gasteiger partial charge in [0.05, 0.1) is 0 Å². The molecule has 25 heavy (non-hydrogen) atoms. The topological polar surface area (TPSA) is 46.9 Å². The van der Waals surface area contributed by atoms with Crippen molar-refractivity contribution in [2.24, 2.45) is 0 Å². The van der Waals surface area contributed by atoms with E-state index in [-0.39, 0.29) is 5.56 Å². The first-order valence-electron chi connectivity index (χ1n) is 8.17. The Balaban J connectivity index is 1.77. The summed E-state index contributed by atoms with van der Waals surface area (Å²) in [6.07, 6.45) is 4.13. The van der Waals surface area contributed by atoms with E-state index in [1.54, 1.807) is 17.0 Å². The molecule has 0 atom stereocenters. The lowest BCUT2D eigenvalue weighted by molar-refractivity contribution is 0.930. The second-order valence-corrected chi connectivity index (χ2v) is 6.54. The van der Waals surface area contributed by atoms with Crippen molar-refractivity contribution in [1.82, 2.24) is 9.55 Å². The molecule has 0 saturated heterocycles. The average Bonchev–Trinajstić information content (AvgIpc) is 2.57. The first-order chi connectivity index (χ1) is 12.0. The Hall–Kier alpha value is -2.59. The molecule has 2 aromatic carbocycles. The van der Waals surface area contributed by atoms with Crippen LogP contribution in [0.25, 0.3) is 5.69 Å². The van der Waals surface area contributed by atoms with Crippen LogP contribution in [0.15, 0.2) is 59.7 Å². The van der Waals surface area contributed by atoms with Gasteiger partial charge in [0, 0.05) is 29.6 Å².